The van der Waals surface area contributed by atoms with E-state index < -0.39 is 0 Å². The smallest absolute Gasteiger partial charge is 0.0240 e. The van der Waals surface area contributed by atoms with E-state index in [9.17, 15) is 0 Å². The topological polar surface area (TPSA) is 12.0 Å². The molecule has 0 radical (unpaired) electrons. The van der Waals surface area contributed by atoms with Crippen molar-refractivity contribution in [3.05, 3.63) is 0 Å². The van der Waals surface area contributed by atoms with Crippen LogP contribution in [0.15, 0.2) is 0 Å². The van der Waals surface area contributed by atoms with Crippen LogP contribution in [-0.2, 0) is 0 Å². The van der Waals surface area contributed by atoms with E-state index in [1.165, 1.54) is 11.5 Å². The highest BCUT2D eigenvalue weighted by molar-refractivity contribution is 7.99. The molecule has 0 bridgehead atoms. The van der Waals surface area contributed by atoms with Crippen LogP contribution >= 0.6 is 23.4 Å². The van der Waals surface area contributed by atoms with Crippen molar-refractivity contribution < 1.29 is 0 Å². The van der Waals surface area contributed by atoms with Gasteiger partial charge < -0.3 is 5.32 Å². The largest absolute Gasteiger partial charge is 0.311 e. The lowest BCUT2D eigenvalue weighted by Gasteiger charge is -2.29. The Labute approximate surface area is 92.0 Å². The molecule has 0 aromatic carbocycles. The second-order valence-electron chi connectivity index (χ2n) is 3.48. The van der Waals surface area contributed by atoms with Gasteiger partial charge in [-0.25, -0.2) is 0 Å². The monoisotopic (exact) mass is 223 g/mol. The molecule has 0 amide bonds. The molecule has 0 saturated carbocycles. The molecule has 1 nitrogen and oxygen atoms in total. The van der Waals surface area contributed by atoms with Gasteiger partial charge in [0, 0.05) is 23.7 Å². The van der Waals surface area contributed by atoms with Gasteiger partial charge in [-0.1, -0.05) is 13.8 Å². The van der Waals surface area contributed by atoms with Gasteiger partial charge in [-0.2, -0.15) is 11.8 Å². The van der Waals surface area contributed by atoms with Crippen molar-refractivity contribution in [2.45, 2.75) is 39.2 Å². The summed E-state index contributed by atoms with van der Waals surface area (Å²) >= 11 is 7.74. The molecular weight excluding hydrogens is 202 g/mol. The van der Waals surface area contributed by atoms with Crippen molar-refractivity contribution in [1.29, 1.82) is 0 Å². The summed E-state index contributed by atoms with van der Waals surface area (Å²) in [6, 6.07) is 0. The van der Waals surface area contributed by atoms with Gasteiger partial charge in [-0.3, -0.25) is 0 Å². The number of hydrogen-bond acceptors (Lipinski definition) is 2. The zero-order valence-corrected chi connectivity index (χ0v) is 10.6. The van der Waals surface area contributed by atoms with E-state index in [0.717, 1.165) is 25.3 Å². The molecule has 1 N–H and O–H groups in total. The predicted octanol–water partition coefficient (Wildman–Crippen LogP) is 3.13. The fourth-order valence-electron chi connectivity index (χ4n) is 1.17. The lowest BCUT2D eigenvalue weighted by Crippen LogP contribution is -2.43. The Morgan fingerprint density at radius 2 is 2.08 bits per heavy atom. The first kappa shape index (κ1) is 13.6. The van der Waals surface area contributed by atoms with Crippen LogP contribution in [0.4, 0.5) is 0 Å². The van der Waals surface area contributed by atoms with Crippen LogP contribution < -0.4 is 5.32 Å². The van der Waals surface area contributed by atoms with E-state index in [0.29, 0.717) is 0 Å². The number of rotatable bonds is 8. The first-order valence-electron chi connectivity index (χ1n) is 5.07. The maximum atomic E-state index is 5.76. The first-order chi connectivity index (χ1) is 6.18. The van der Waals surface area contributed by atoms with Gasteiger partial charge in [0.15, 0.2) is 0 Å². The Balaban J connectivity index is 3.57. The molecule has 0 rings (SSSR count). The van der Waals surface area contributed by atoms with Crippen molar-refractivity contribution in [3.8, 4) is 0 Å². The Bertz CT molecular complexity index is 121. The summed E-state index contributed by atoms with van der Waals surface area (Å²) in [5.74, 6) is 3.16. The SMILES string of the molecule is CCSCCNC(C)(CC)CCCl. The van der Waals surface area contributed by atoms with Crippen LogP contribution in [0.2, 0.25) is 0 Å². The Morgan fingerprint density at radius 3 is 2.54 bits per heavy atom. The van der Waals surface area contributed by atoms with Crippen molar-refractivity contribution in [3.63, 3.8) is 0 Å². The third-order valence-electron chi connectivity index (χ3n) is 2.43. The first-order valence-corrected chi connectivity index (χ1v) is 6.76. The molecular formula is C10H22ClNS. The van der Waals surface area contributed by atoms with Gasteiger partial charge in [0.1, 0.15) is 0 Å². The van der Waals surface area contributed by atoms with Gasteiger partial charge in [-0.05, 0) is 25.5 Å². The van der Waals surface area contributed by atoms with E-state index in [1.807, 2.05) is 11.8 Å². The van der Waals surface area contributed by atoms with Gasteiger partial charge in [0.2, 0.25) is 0 Å². The third kappa shape index (κ3) is 6.64. The predicted molar refractivity (Wildman–Crippen MR) is 65.0 cm³/mol. The van der Waals surface area contributed by atoms with Gasteiger partial charge in [0.05, 0.1) is 0 Å². The molecule has 1 atom stereocenters. The molecule has 0 aliphatic rings. The van der Waals surface area contributed by atoms with Crippen LogP contribution in [0.5, 0.6) is 0 Å². The van der Waals surface area contributed by atoms with E-state index in [1.54, 1.807) is 0 Å². The minimum Gasteiger partial charge on any atom is -0.311 e. The number of halogens is 1. The van der Waals surface area contributed by atoms with Crippen molar-refractivity contribution >= 4 is 23.4 Å². The molecule has 0 aromatic heterocycles. The third-order valence-corrected chi connectivity index (χ3v) is 3.52. The standard InChI is InChI=1S/C10H22ClNS/c1-4-10(3,6-7-11)12-8-9-13-5-2/h12H,4-9H2,1-3H3. The lowest BCUT2D eigenvalue weighted by molar-refractivity contribution is 0.343. The number of nitrogens with one attached hydrogen (secondary N) is 1. The average Bonchev–Trinajstić information content (AvgIpc) is 2.13. The van der Waals surface area contributed by atoms with Gasteiger partial charge in [-0.15, -0.1) is 11.6 Å². The van der Waals surface area contributed by atoms with E-state index in [4.69, 9.17) is 11.6 Å². The summed E-state index contributed by atoms with van der Waals surface area (Å²) in [4.78, 5) is 0. The summed E-state index contributed by atoms with van der Waals surface area (Å²) in [5.41, 5.74) is 0.246. The highest BCUT2D eigenvalue weighted by atomic mass is 35.5. The molecule has 1 unspecified atom stereocenters. The Morgan fingerprint density at radius 1 is 1.38 bits per heavy atom. The van der Waals surface area contributed by atoms with Crippen LogP contribution in [-0.4, -0.2) is 29.5 Å². The fraction of sp³-hybridized carbons (Fsp3) is 1.00. The van der Waals surface area contributed by atoms with Crippen LogP contribution in [0.25, 0.3) is 0 Å². The second-order valence-corrected chi connectivity index (χ2v) is 5.25. The molecule has 0 aliphatic carbocycles. The highest BCUT2D eigenvalue weighted by Crippen LogP contribution is 2.14. The summed E-state index contributed by atoms with van der Waals surface area (Å²) in [5, 5.41) is 3.58. The quantitative estimate of drug-likeness (QED) is 0.501. The van der Waals surface area contributed by atoms with E-state index in [-0.39, 0.29) is 5.54 Å². The van der Waals surface area contributed by atoms with Crippen molar-refractivity contribution in [1.82, 2.24) is 5.32 Å². The Hall–Kier alpha value is 0.600. The number of alkyl halides is 1. The normalized spacial score (nSPS) is 15.7. The lowest BCUT2D eigenvalue weighted by atomic mass is 9.96. The van der Waals surface area contributed by atoms with Gasteiger partial charge in [0.25, 0.3) is 0 Å². The van der Waals surface area contributed by atoms with E-state index >= 15 is 0 Å². The number of thioether (sulfide) groups is 1. The van der Waals surface area contributed by atoms with Crippen molar-refractivity contribution in [2.75, 3.05) is 23.9 Å². The summed E-state index contributed by atoms with van der Waals surface area (Å²) in [6.07, 6.45) is 2.21. The molecule has 0 fully saturated rings. The highest BCUT2D eigenvalue weighted by Gasteiger charge is 2.19. The zero-order chi connectivity index (χ0) is 10.2. The minimum absolute atomic E-state index is 0.246. The molecule has 0 saturated heterocycles. The van der Waals surface area contributed by atoms with Crippen LogP contribution in [0.3, 0.4) is 0 Å². The molecule has 80 valence electrons. The molecule has 0 aliphatic heterocycles. The van der Waals surface area contributed by atoms with Crippen molar-refractivity contribution in [2.24, 2.45) is 0 Å². The fourth-order valence-corrected chi connectivity index (χ4v) is 2.12. The number of hydrogen-bond donors (Lipinski definition) is 1. The molecule has 0 heterocycles. The van der Waals surface area contributed by atoms with Crippen LogP contribution in [0, 0.1) is 0 Å². The average molecular weight is 224 g/mol. The summed E-state index contributed by atoms with van der Waals surface area (Å²) in [6.45, 7) is 7.76. The maximum absolute atomic E-state index is 5.76. The second kappa shape index (κ2) is 7.95. The summed E-state index contributed by atoms with van der Waals surface area (Å²) < 4.78 is 0. The van der Waals surface area contributed by atoms with E-state index in [2.05, 4.69) is 26.1 Å². The molecule has 0 aromatic rings. The van der Waals surface area contributed by atoms with Crippen LogP contribution in [0.1, 0.15) is 33.6 Å². The molecule has 0 spiro atoms. The molecule has 13 heavy (non-hydrogen) atoms. The zero-order valence-electron chi connectivity index (χ0n) is 9.03. The Kier molecular flexibility index (Phi) is 8.32. The van der Waals surface area contributed by atoms with Gasteiger partial charge >= 0.3 is 0 Å². The minimum atomic E-state index is 0.246. The molecule has 3 heteroatoms. The summed E-state index contributed by atoms with van der Waals surface area (Å²) in [7, 11) is 0. The maximum Gasteiger partial charge on any atom is 0.0240 e.